The molecule has 3 rings (SSSR count). The first kappa shape index (κ1) is 16.2. The van der Waals surface area contributed by atoms with Crippen LogP contribution in [0.5, 0.6) is 0 Å². The number of morpholine rings is 1. The van der Waals surface area contributed by atoms with Crippen LogP contribution < -0.4 is 0 Å². The third-order valence-corrected chi connectivity index (χ3v) is 5.93. The number of ether oxygens (including phenoxy) is 2. The van der Waals surface area contributed by atoms with E-state index in [9.17, 15) is 4.79 Å². The molecule has 1 amide bonds. The van der Waals surface area contributed by atoms with Crippen molar-refractivity contribution >= 4 is 5.91 Å². The Hall–Kier alpha value is -0.650. The Kier molecular flexibility index (Phi) is 5.05. The maximum atomic E-state index is 12.5. The smallest absolute Gasteiger partial charge is 0.236 e. The van der Waals surface area contributed by atoms with Crippen LogP contribution >= 0.6 is 0 Å². The lowest BCUT2D eigenvalue weighted by molar-refractivity contribution is -0.166. The summed E-state index contributed by atoms with van der Waals surface area (Å²) >= 11 is 0. The van der Waals surface area contributed by atoms with Crippen molar-refractivity contribution in [3.8, 4) is 0 Å². The molecule has 0 aromatic carbocycles. The van der Waals surface area contributed by atoms with Gasteiger partial charge in [0.05, 0.1) is 25.9 Å². The Morgan fingerprint density at radius 3 is 2.64 bits per heavy atom. The molecule has 3 aliphatic rings. The number of carbonyl (C=O) groups is 1. The Bertz CT molecular complexity index is 389. The van der Waals surface area contributed by atoms with Crippen molar-refractivity contribution in [3.63, 3.8) is 0 Å². The molecule has 0 unspecified atom stereocenters. The number of likely N-dealkylation sites (N-methyl/N-ethyl adjacent to an activating group) is 1. The molecular weight excluding hydrogens is 280 g/mol. The molecule has 0 radical (unpaired) electrons. The lowest BCUT2D eigenvalue weighted by atomic mass is 9.60. The summed E-state index contributed by atoms with van der Waals surface area (Å²) in [6.45, 7) is 6.25. The predicted molar refractivity (Wildman–Crippen MR) is 84.7 cm³/mol. The van der Waals surface area contributed by atoms with E-state index in [1.165, 1.54) is 25.7 Å². The van der Waals surface area contributed by atoms with Gasteiger partial charge in [0.1, 0.15) is 0 Å². The summed E-state index contributed by atoms with van der Waals surface area (Å²) in [5.74, 6) is 0.249. The van der Waals surface area contributed by atoms with Crippen LogP contribution in [0.3, 0.4) is 0 Å². The van der Waals surface area contributed by atoms with Crippen LogP contribution in [-0.4, -0.2) is 74.4 Å². The van der Waals surface area contributed by atoms with E-state index in [0.717, 1.165) is 26.1 Å². The first-order chi connectivity index (χ1) is 10.7. The third-order valence-electron chi connectivity index (χ3n) is 5.93. The lowest BCUT2D eigenvalue weighted by Crippen LogP contribution is -2.64. The molecule has 0 aromatic rings. The molecule has 5 heteroatoms. The van der Waals surface area contributed by atoms with Crippen molar-refractivity contribution in [2.75, 3.05) is 46.5 Å². The molecule has 126 valence electrons. The summed E-state index contributed by atoms with van der Waals surface area (Å²) in [7, 11) is 2.12. The highest BCUT2D eigenvalue weighted by Crippen LogP contribution is 2.56. The zero-order chi connectivity index (χ0) is 15.6. The van der Waals surface area contributed by atoms with E-state index in [4.69, 9.17) is 9.47 Å². The van der Waals surface area contributed by atoms with Gasteiger partial charge in [-0.15, -0.1) is 0 Å². The second kappa shape index (κ2) is 6.85. The number of rotatable bonds is 5. The van der Waals surface area contributed by atoms with Crippen LogP contribution in [0, 0.1) is 5.41 Å². The predicted octanol–water partition coefficient (Wildman–Crippen LogP) is 1.51. The molecule has 0 bridgehead atoms. The zero-order valence-corrected chi connectivity index (χ0v) is 14.1. The highest BCUT2D eigenvalue weighted by molar-refractivity contribution is 5.78. The van der Waals surface area contributed by atoms with Gasteiger partial charge in [-0.3, -0.25) is 9.69 Å². The largest absolute Gasteiger partial charge is 0.378 e. The fraction of sp³-hybridized carbons (Fsp3) is 0.941. The molecule has 1 heterocycles. The number of carbonyl (C=O) groups excluding carboxylic acids is 1. The molecular formula is C17H30N2O3. The van der Waals surface area contributed by atoms with Crippen LogP contribution in [0.15, 0.2) is 0 Å². The normalized spacial score (nSPS) is 30.8. The van der Waals surface area contributed by atoms with Crippen LogP contribution in [0.25, 0.3) is 0 Å². The number of nitrogens with zero attached hydrogens (tertiary/aromatic N) is 2. The van der Waals surface area contributed by atoms with Gasteiger partial charge in [-0.2, -0.15) is 0 Å². The summed E-state index contributed by atoms with van der Waals surface area (Å²) in [5.41, 5.74) is 0.316. The van der Waals surface area contributed by atoms with Gasteiger partial charge < -0.3 is 14.4 Å². The highest BCUT2D eigenvalue weighted by Gasteiger charge is 2.58. The molecule has 1 spiro atoms. The molecule has 0 N–H and O–H groups in total. The third kappa shape index (κ3) is 2.91. The van der Waals surface area contributed by atoms with Gasteiger partial charge in [-0.1, -0.05) is 12.8 Å². The quantitative estimate of drug-likeness (QED) is 0.772. The molecule has 1 saturated heterocycles. The van der Waals surface area contributed by atoms with Crippen LogP contribution in [-0.2, 0) is 14.3 Å². The maximum absolute atomic E-state index is 12.5. The van der Waals surface area contributed by atoms with Gasteiger partial charge in [-0.25, -0.2) is 0 Å². The van der Waals surface area contributed by atoms with Gasteiger partial charge in [0.15, 0.2) is 0 Å². The fourth-order valence-corrected chi connectivity index (χ4v) is 4.71. The van der Waals surface area contributed by atoms with Crippen LogP contribution in [0.2, 0.25) is 0 Å². The second-order valence-electron chi connectivity index (χ2n) is 7.04. The van der Waals surface area contributed by atoms with Gasteiger partial charge in [0.25, 0.3) is 0 Å². The van der Waals surface area contributed by atoms with E-state index < -0.39 is 0 Å². The number of hydrogen-bond donors (Lipinski definition) is 0. The van der Waals surface area contributed by atoms with Crippen molar-refractivity contribution in [1.29, 1.82) is 0 Å². The monoisotopic (exact) mass is 310 g/mol. The van der Waals surface area contributed by atoms with Crippen LogP contribution in [0.4, 0.5) is 0 Å². The number of hydrogen-bond acceptors (Lipinski definition) is 4. The van der Waals surface area contributed by atoms with Gasteiger partial charge in [0.2, 0.25) is 5.91 Å². The molecule has 1 aliphatic heterocycles. The van der Waals surface area contributed by atoms with E-state index in [1.807, 2.05) is 4.90 Å². The summed E-state index contributed by atoms with van der Waals surface area (Å²) in [6.07, 6.45) is 6.64. The second-order valence-corrected chi connectivity index (χ2v) is 7.04. The summed E-state index contributed by atoms with van der Waals surface area (Å²) in [5, 5.41) is 0. The Morgan fingerprint density at radius 1 is 1.32 bits per heavy atom. The van der Waals surface area contributed by atoms with E-state index in [1.54, 1.807) is 0 Å². The van der Waals surface area contributed by atoms with Crippen molar-refractivity contribution in [1.82, 2.24) is 9.80 Å². The molecule has 22 heavy (non-hydrogen) atoms. The number of amides is 1. The SMILES string of the molecule is CCO[C@H]1C[C@@H](N(C)CC(=O)N2CCOCC2)C12CCCC2. The van der Waals surface area contributed by atoms with Crippen molar-refractivity contribution in [2.45, 2.75) is 51.2 Å². The first-order valence-corrected chi connectivity index (χ1v) is 8.85. The molecule has 2 aliphatic carbocycles. The molecule has 0 aromatic heterocycles. The highest BCUT2D eigenvalue weighted by atomic mass is 16.5. The summed E-state index contributed by atoms with van der Waals surface area (Å²) in [4.78, 5) is 16.7. The molecule has 5 nitrogen and oxygen atoms in total. The van der Waals surface area contributed by atoms with Crippen molar-refractivity contribution < 1.29 is 14.3 Å². The summed E-state index contributed by atoms with van der Waals surface area (Å²) < 4.78 is 11.3. The van der Waals surface area contributed by atoms with Crippen molar-refractivity contribution in [3.05, 3.63) is 0 Å². The lowest BCUT2D eigenvalue weighted by Gasteiger charge is -2.57. The minimum Gasteiger partial charge on any atom is -0.378 e. The molecule has 2 saturated carbocycles. The Morgan fingerprint density at radius 2 is 2.00 bits per heavy atom. The Labute approximate surface area is 133 Å². The maximum Gasteiger partial charge on any atom is 0.236 e. The summed E-state index contributed by atoms with van der Waals surface area (Å²) in [6, 6.07) is 0.511. The van der Waals surface area contributed by atoms with E-state index >= 15 is 0 Å². The van der Waals surface area contributed by atoms with Gasteiger partial charge in [-0.05, 0) is 33.2 Å². The molecule has 3 fully saturated rings. The molecule has 2 atom stereocenters. The van der Waals surface area contributed by atoms with Gasteiger partial charge in [0, 0.05) is 31.2 Å². The minimum atomic E-state index is 0.249. The topological polar surface area (TPSA) is 42.0 Å². The van der Waals surface area contributed by atoms with Crippen LogP contribution in [0.1, 0.15) is 39.0 Å². The average Bonchev–Trinajstić information content (AvgIpc) is 3.04. The zero-order valence-electron chi connectivity index (χ0n) is 14.1. The fourth-order valence-electron chi connectivity index (χ4n) is 4.71. The Balaban J connectivity index is 1.57. The van der Waals surface area contributed by atoms with E-state index in [2.05, 4.69) is 18.9 Å². The van der Waals surface area contributed by atoms with E-state index in [0.29, 0.717) is 37.3 Å². The average molecular weight is 310 g/mol. The minimum absolute atomic E-state index is 0.249. The standard InChI is InChI=1S/C17H30N2O3/c1-3-22-15-12-14(17(15)6-4-5-7-17)18(2)13-16(20)19-8-10-21-11-9-19/h14-15H,3-13H2,1-2H3/t14-,15+/m1/s1. The van der Waals surface area contributed by atoms with E-state index in [-0.39, 0.29) is 5.91 Å². The van der Waals surface area contributed by atoms with Gasteiger partial charge >= 0.3 is 0 Å². The first-order valence-electron chi connectivity index (χ1n) is 8.85. The van der Waals surface area contributed by atoms with Crippen molar-refractivity contribution in [2.24, 2.45) is 5.41 Å².